The van der Waals surface area contributed by atoms with Crippen molar-refractivity contribution in [3.05, 3.63) is 29.8 Å². The van der Waals surface area contributed by atoms with Crippen LogP contribution in [0.5, 0.6) is 0 Å². The zero-order valence-corrected chi connectivity index (χ0v) is 11.4. The predicted molar refractivity (Wildman–Crippen MR) is 70.7 cm³/mol. The average molecular weight is 289 g/mol. The number of carboxylic acid groups (broad SMARTS) is 1. The molecule has 0 aromatic heterocycles. The molecular formula is C14H18F3NO2. The third-order valence-corrected chi connectivity index (χ3v) is 2.95. The Labute approximate surface area is 116 Å². The molecule has 0 spiro atoms. The molecule has 1 atom stereocenters. The number of rotatable bonds is 6. The molecule has 20 heavy (non-hydrogen) atoms. The summed E-state index contributed by atoms with van der Waals surface area (Å²) in [5.74, 6) is -1.60. The van der Waals surface area contributed by atoms with Gasteiger partial charge in [0, 0.05) is 18.8 Å². The van der Waals surface area contributed by atoms with Crippen LogP contribution in [0.15, 0.2) is 24.3 Å². The summed E-state index contributed by atoms with van der Waals surface area (Å²) in [6.45, 7) is 4.13. The van der Waals surface area contributed by atoms with E-state index in [-0.39, 0.29) is 6.54 Å². The summed E-state index contributed by atoms with van der Waals surface area (Å²) in [5, 5.41) is 8.92. The van der Waals surface area contributed by atoms with E-state index in [2.05, 4.69) is 0 Å². The number of aliphatic carboxylic acids is 1. The van der Waals surface area contributed by atoms with E-state index in [0.29, 0.717) is 12.2 Å². The summed E-state index contributed by atoms with van der Waals surface area (Å²) in [5.41, 5.74) is -0.325. The van der Waals surface area contributed by atoms with Crippen LogP contribution in [-0.2, 0) is 11.0 Å². The molecule has 112 valence electrons. The molecule has 1 aromatic rings. The van der Waals surface area contributed by atoms with Crippen LogP contribution in [0.3, 0.4) is 0 Å². The minimum Gasteiger partial charge on any atom is -0.481 e. The van der Waals surface area contributed by atoms with Gasteiger partial charge >= 0.3 is 12.1 Å². The standard InChI is InChI=1S/C14H18F3NO2/c1-3-7-18(9-10(2)13(19)20)12-6-4-5-11(8-12)14(15,16)17/h4-6,8,10H,3,7,9H2,1-2H3,(H,19,20). The monoisotopic (exact) mass is 289 g/mol. The maximum Gasteiger partial charge on any atom is 0.416 e. The lowest BCUT2D eigenvalue weighted by molar-refractivity contribution is -0.141. The van der Waals surface area contributed by atoms with E-state index >= 15 is 0 Å². The zero-order valence-electron chi connectivity index (χ0n) is 11.4. The van der Waals surface area contributed by atoms with E-state index in [9.17, 15) is 18.0 Å². The third-order valence-electron chi connectivity index (χ3n) is 2.95. The smallest absolute Gasteiger partial charge is 0.416 e. The van der Waals surface area contributed by atoms with E-state index in [1.807, 2.05) is 6.92 Å². The van der Waals surface area contributed by atoms with Crippen LogP contribution in [0, 0.1) is 5.92 Å². The number of halogens is 3. The summed E-state index contributed by atoms with van der Waals surface area (Å²) in [6, 6.07) is 4.98. The average Bonchev–Trinajstić information content (AvgIpc) is 2.37. The first-order chi connectivity index (χ1) is 9.25. The van der Waals surface area contributed by atoms with Crippen LogP contribution in [0.4, 0.5) is 18.9 Å². The van der Waals surface area contributed by atoms with Crippen molar-refractivity contribution in [2.24, 2.45) is 5.92 Å². The first-order valence-corrected chi connectivity index (χ1v) is 6.40. The van der Waals surface area contributed by atoms with Crippen LogP contribution >= 0.6 is 0 Å². The Morgan fingerprint density at radius 2 is 2.05 bits per heavy atom. The van der Waals surface area contributed by atoms with Crippen molar-refractivity contribution in [2.75, 3.05) is 18.0 Å². The molecule has 3 nitrogen and oxygen atoms in total. The molecule has 1 aromatic carbocycles. The van der Waals surface area contributed by atoms with Gasteiger partial charge in [0.25, 0.3) is 0 Å². The molecule has 0 heterocycles. The van der Waals surface area contributed by atoms with Crippen molar-refractivity contribution >= 4 is 11.7 Å². The molecule has 0 bridgehead atoms. The largest absolute Gasteiger partial charge is 0.481 e. The quantitative estimate of drug-likeness (QED) is 0.869. The number of anilines is 1. The topological polar surface area (TPSA) is 40.5 Å². The Kier molecular flexibility index (Phi) is 5.42. The molecule has 0 aliphatic rings. The number of hydrogen-bond donors (Lipinski definition) is 1. The Morgan fingerprint density at radius 3 is 2.55 bits per heavy atom. The molecule has 1 rings (SSSR count). The Bertz CT molecular complexity index is 460. The van der Waals surface area contributed by atoms with Gasteiger partial charge < -0.3 is 10.0 Å². The Morgan fingerprint density at radius 1 is 1.40 bits per heavy atom. The number of alkyl halides is 3. The molecule has 0 aliphatic heterocycles. The highest BCUT2D eigenvalue weighted by molar-refractivity contribution is 5.70. The van der Waals surface area contributed by atoms with Crippen molar-refractivity contribution in [2.45, 2.75) is 26.4 Å². The Balaban J connectivity index is 3.00. The molecule has 0 amide bonds. The summed E-state index contributed by atoms with van der Waals surface area (Å²) in [4.78, 5) is 12.6. The van der Waals surface area contributed by atoms with Gasteiger partial charge in [0.05, 0.1) is 11.5 Å². The zero-order chi connectivity index (χ0) is 15.3. The first-order valence-electron chi connectivity index (χ1n) is 6.40. The fourth-order valence-corrected chi connectivity index (χ4v) is 1.88. The predicted octanol–water partition coefficient (Wildman–Crippen LogP) is 3.64. The van der Waals surface area contributed by atoms with Gasteiger partial charge in [0.2, 0.25) is 0 Å². The minimum atomic E-state index is -4.40. The minimum absolute atomic E-state index is 0.185. The summed E-state index contributed by atoms with van der Waals surface area (Å²) < 4.78 is 38.1. The number of carbonyl (C=O) groups is 1. The number of carboxylic acids is 1. The molecule has 0 fully saturated rings. The summed E-state index contributed by atoms with van der Waals surface area (Å²) >= 11 is 0. The van der Waals surface area contributed by atoms with E-state index in [1.165, 1.54) is 6.07 Å². The van der Waals surface area contributed by atoms with Crippen LogP contribution in [0.2, 0.25) is 0 Å². The normalized spacial score (nSPS) is 13.1. The van der Waals surface area contributed by atoms with Gasteiger partial charge in [0.1, 0.15) is 0 Å². The number of nitrogens with zero attached hydrogens (tertiary/aromatic N) is 1. The van der Waals surface area contributed by atoms with E-state index in [0.717, 1.165) is 18.6 Å². The second-order valence-electron chi connectivity index (χ2n) is 4.73. The van der Waals surface area contributed by atoms with E-state index in [4.69, 9.17) is 5.11 Å². The van der Waals surface area contributed by atoms with Gasteiger partial charge in [0.15, 0.2) is 0 Å². The van der Waals surface area contributed by atoms with Gasteiger partial charge in [-0.25, -0.2) is 0 Å². The van der Waals surface area contributed by atoms with Crippen molar-refractivity contribution in [3.63, 3.8) is 0 Å². The molecule has 0 saturated heterocycles. The van der Waals surface area contributed by atoms with Gasteiger partial charge in [-0.3, -0.25) is 4.79 Å². The fourth-order valence-electron chi connectivity index (χ4n) is 1.88. The van der Waals surface area contributed by atoms with E-state index < -0.39 is 23.6 Å². The van der Waals surface area contributed by atoms with Crippen LogP contribution in [0.1, 0.15) is 25.8 Å². The maximum absolute atomic E-state index is 12.7. The highest BCUT2D eigenvalue weighted by atomic mass is 19.4. The van der Waals surface area contributed by atoms with Crippen LogP contribution in [0.25, 0.3) is 0 Å². The SMILES string of the molecule is CCCN(CC(C)C(=O)O)c1cccc(C(F)(F)F)c1. The molecule has 6 heteroatoms. The summed E-state index contributed by atoms with van der Waals surface area (Å²) in [6.07, 6.45) is -3.67. The lowest BCUT2D eigenvalue weighted by Crippen LogP contribution is -2.32. The van der Waals surface area contributed by atoms with Crippen LogP contribution < -0.4 is 4.90 Å². The Hall–Kier alpha value is -1.72. The molecule has 0 saturated carbocycles. The molecule has 0 aliphatic carbocycles. The highest BCUT2D eigenvalue weighted by Gasteiger charge is 2.31. The lowest BCUT2D eigenvalue weighted by atomic mass is 10.1. The van der Waals surface area contributed by atoms with E-state index in [1.54, 1.807) is 17.9 Å². The van der Waals surface area contributed by atoms with Crippen molar-refractivity contribution in [3.8, 4) is 0 Å². The molecule has 1 N–H and O–H groups in total. The highest BCUT2D eigenvalue weighted by Crippen LogP contribution is 2.31. The van der Waals surface area contributed by atoms with Crippen molar-refractivity contribution in [1.82, 2.24) is 0 Å². The van der Waals surface area contributed by atoms with Gasteiger partial charge in [-0.1, -0.05) is 19.9 Å². The fraction of sp³-hybridized carbons (Fsp3) is 0.500. The van der Waals surface area contributed by atoms with Crippen LogP contribution in [-0.4, -0.2) is 24.2 Å². The molecular weight excluding hydrogens is 271 g/mol. The first kappa shape index (κ1) is 16.3. The lowest BCUT2D eigenvalue weighted by Gasteiger charge is -2.26. The second kappa shape index (κ2) is 6.63. The molecule has 0 radical (unpaired) electrons. The maximum atomic E-state index is 12.7. The van der Waals surface area contributed by atoms with Crippen molar-refractivity contribution in [1.29, 1.82) is 0 Å². The van der Waals surface area contributed by atoms with Gasteiger partial charge in [-0.05, 0) is 24.6 Å². The third kappa shape index (κ3) is 4.43. The summed E-state index contributed by atoms with van der Waals surface area (Å²) in [7, 11) is 0. The number of hydrogen-bond acceptors (Lipinski definition) is 2. The van der Waals surface area contributed by atoms with Gasteiger partial charge in [-0.2, -0.15) is 13.2 Å². The number of benzene rings is 1. The van der Waals surface area contributed by atoms with Crippen molar-refractivity contribution < 1.29 is 23.1 Å². The molecule has 1 unspecified atom stereocenters. The second-order valence-corrected chi connectivity index (χ2v) is 4.73. The van der Waals surface area contributed by atoms with Gasteiger partial charge in [-0.15, -0.1) is 0 Å².